The molecule has 0 aliphatic rings. The van der Waals surface area contributed by atoms with Gasteiger partial charge in [0.05, 0.1) is 10.1 Å². The molecule has 1 heterocycles. The quantitative estimate of drug-likeness (QED) is 0.306. The van der Waals surface area contributed by atoms with E-state index in [1.807, 2.05) is 26.2 Å². The third-order valence-corrected chi connectivity index (χ3v) is 7.10. The van der Waals surface area contributed by atoms with Crippen molar-refractivity contribution < 1.29 is 17.5 Å². The molecule has 0 saturated heterocycles. The van der Waals surface area contributed by atoms with Crippen molar-refractivity contribution in [2.24, 2.45) is 0 Å². The molecule has 3 aromatic carbocycles. The summed E-state index contributed by atoms with van der Waals surface area (Å²) in [5.41, 5.74) is 3.27. The highest BCUT2D eigenvalue weighted by atomic mass is 32.2. The molecule has 0 spiro atoms. The van der Waals surface area contributed by atoms with E-state index >= 15 is 0 Å². The van der Waals surface area contributed by atoms with Gasteiger partial charge in [-0.1, -0.05) is 47.7 Å². The molecule has 0 radical (unpaired) electrons. The van der Waals surface area contributed by atoms with E-state index in [1.165, 1.54) is 5.39 Å². The largest absolute Gasteiger partial charge is 0.748 e. The summed E-state index contributed by atoms with van der Waals surface area (Å²) in [4.78, 5) is 2.06. The first-order chi connectivity index (χ1) is 14.8. The van der Waals surface area contributed by atoms with Crippen LogP contribution in [0.3, 0.4) is 0 Å². The number of hydrogen-bond donors (Lipinski definition) is 0. The van der Waals surface area contributed by atoms with Crippen molar-refractivity contribution in [3.63, 3.8) is 0 Å². The number of aryl methyl sites for hydroxylation is 1. The van der Waals surface area contributed by atoms with Crippen LogP contribution in [0.15, 0.2) is 60.7 Å². The number of aromatic nitrogens is 1. The molecule has 160 valence electrons. The molecule has 5 nitrogen and oxygen atoms in total. The Morgan fingerprint density at radius 1 is 1.00 bits per heavy atom. The Morgan fingerprint density at radius 3 is 2.32 bits per heavy atom. The lowest BCUT2D eigenvalue weighted by atomic mass is 10.1. The molecule has 0 fully saturated rings. The molecule has 31 heavy (non-hydrogen) atoms. The zero-order valence-corrected chi connectivity index (χ0v) is 19.1. The highest BCUT2D eigenvalue weighted by Crippen LogP contribution is 2.27. The predicted molar refractivity (Wildman–Crippen MR) is 128 cm³/mol. The number of thiazole rings is 1. The molecule has 0 N–H and O–H groups in total. The second kappa shape index (κ2) is 8.78. The third kappa shape index (κ3) is 5.12. The van der Waals surface area contributed by atoms with E-state index < -0.39 is 10.1 Å². The van der Waals surface area contributed by atoms with Crippen LogP contribution < -0.4 is 9.47 Å². The summed E-state index contributed by atoms with van der Waals surface area (Å²) in [6, 6.07) is 20.8. The standard InChI is InChI=1S/C24H24N2O3S2/c1-25(2)21-11-8-18(9-12-21)10-13-24-26(14-5-15-31(27,28)29)22-16-19-6-3-4-7-20(19)17-23(22)30-24/h3-4,6-13,16-17H,5,14-15H2,1-2H3. The van der Waals surface area contributed by atoms with E-state index in [2.05, 4.69) is 70.1 Å². The number of nitrogens with zero attached hydrogens (tertiary/aromatic N) is 2. The average molecular weight is 453 g/mol. The normalized spacial score (nSPS) is 12.2. The molecule has 0 bridgehead atoms. The van der Waals surface area contributed by atoms with Crippen molar-refractivity contribution in [3.05, 3.63) is 71.2 Å². The smallest absolute Gasteiger partial charge is 0.262 e. The molecule has 0 atom stereocenters. The van der Waals surface area contributed by atoms with Crippen LogP contribution in [-0.4, -0.2) is 32.8 Å². The van der Waals surface area contributed by atoms with Crippen LogP contribution >= 0.6 is 11.3 Å². The number of rotatable bonds is 7. The molecule has 7 heteroatoms. The summed E-state index contributed by atoms with van der Waals surface area (Å²) >= 11 is 1.66. The van der Waals surface area contributed by atoms with Gasteiger partial charge in [-0.25, -0.2) is 8.42 Å². The maximum atomic E-state index is 11.1. The van der Waals surface area contributed by atoms with Crippen molar-refractivity contribution in [1.82, 2.24) is 0 Å². The minimum absolute atomic E-state index is 0.285. The van der Waals surface area contributed by atoms with Crippen LogP contribution in [0.25, 0.3) is 33.1 Å². The fraction of sp³-hybridized carbons (Fsp3) is 0.208. The lowest BCUT2D eigenvalue weighted by Gasteiger charge is -2.11. The Kier molecular flexibility index (Phi) is 6.09. The first kappa shape index (κ1) is 21.5. The van der Waals surface area contributed by atoms with Gasteiger partial charge in [0.1, 0.15) is 4.70 Å². The maximum absolute atomic E-state index is 11.1. The Morgan fingerprint density at radius 2 is 1.68 bits per heavy atom. The summed E-state index contributed by atoms with van der Waals surface area (Å²) in [5.74, 6) is -0.361. The first-order valence-electron chi connectivity index (χ1n) is 10.0. The number of benzene rings is 3. The first-order valence-corrected chi connectivity index (χ1v) is 12.4. The monoisotopic (exact) mass is 452 g/mol. The Bertz CT molecular complexity index is 1360. The van der Waals surface area contributed by atoms with Gasteiger partial charge in [0.2, 0.25) is 5.52 Å². The number of hydrogen-bond acceptors (Lipinski definition) is 5. The second-order valence-corrected chi connectivity index (χ2v) is 10.3. The molecule has 1 aromatic heterocycles. The Balaban J connectivity index is 1.72. The SMILES string of the molecule is CN(C)c1ccc(/C=C/c2sc3cc4ccccc4cc3[n+]2CCCS(=O)(=O)[O-])cc1. The van der Waals surface area contributed by atoms with Gasteiger partial charge in [0.25, 0.3) is 5.01 Å². The molecule has 0 aliphatic heterocycles. The highest BCUT2D eigenvalue weighted by molar-refractivity contribution is 7.85. The van der Waals surface area contributed by atoms with E-state index in [0.29, 0.717) is 6.54 Å². The van der Waals surface area contributed by atoms with Crippen LogP contribution in [0.2, 0.25) is 0 Å². The molecule has 0 amide bonds. The molecule has 0 unspecified atom stereocenters. The van der Waals surface area contributed by atoms with Gasteiger partial charge in [0, 0.05) is 44.1 Å². The van der Waals surface area contributed by atoms with Crippen molar-refractivity contribution in [3.8, 4) is 0 Å². The minimum Gasteiger partial charge on any atom is -0.748 e. The number of anilines is 1. The van der Waals surface area contributed by atoms with Gasteiger partial charge < -0.3 is 9.45 Å². The van der Waals surface area contributed by atoms with Gasteiger partial charge in [-0.2, -0.15) is 4.57 Å². The molecular weight excluding hydrogens is 428 g/mol. The number of fused-ring (bicyclic) bond motifs is 2. The summed E-state index contributed by atoms with van der Waals surface area (Å²) < 4.78 is 36.5. The van der Waals surface area contributed by atoms with E-state index in [9.17, 15) is 13.0 Å². The second-order valence-electron chi connectivity index (χ2n) is 7.69. The third-order valence-electron chi connectivity index (χ3n) is 5.20. The summed E-state index contributed by atoms with van der Waals surface area (Å²) in [5, 5.41) is 3.32. The van der Waals surface area contributed by atoms with Gasteiger partial charge in [-0.15, -0.1) is 0 Å². The van der Waals surface area contributed by atoms with Crippen LogP contribution in [0, 0.1) is 0 Å². The average Bonchev–Trinajstić information content (AvgIpc) is 3.06. The highest BCUT2D eigenvalue weighted by Gasteiger charge is 2.19. The lowest BCUT2D eigenvalue weighted by molar-refractivity contribution is -0.668. The van der Waals surface area contributed by atoms with E-state index in [-0.39, 0.29) is 12.2 Å². The van der Waals surface area contributed by atoms with E-state index in [0.717, 1.165) is 31.9 Å². The molecular formula is C24H24N2O3S2. The van der Waals surface area contributed by atoms with Gasteiger partial charge in [-0.05, 0) is 40.6 Å². The Hall–Kier alpha value is -2.74. The van der Waals surface area contributed by atoms with Crippen LogP contribution in [0.1, 0.15) is 17.0 Å². The van der Waals surface area contributed by atoms with Crippen molar-refractivity contribution >= 4 is 60.3 Å². The fourth-order valence-corrected chi connectivity index (χ4v) is 5.20. The van der Waals surface area contributed by atoms with Crippen LogP contribution in [0.4, 0.5) is 5.69 Å². The minimum atomic E-state index is -4.23. The molecule has 4 aromatic rings. The van der Waals surface area contributed by atoms with Crippen molar-refractivity contribution in [1.29, 1.82) is 0 Å². The molecule has 0 saturated carbocycles. The zero-order valence-electron chi connectivity index (χ0n) is 17.5. The van der Waals surface area contributed by atoms with E-state index in [4.69, 9.17) is 0 Å². The lowest BCUT2D eigenvalue weighted by Crippen LogP contribution is -2.36. The van der Waals surface area contributed by atoms with E-state index in [1.54, 1.807) is 11.3 Å². The summed E-state index contributed by atoms with van der Waals surface area (Å²) in [6.45, 7) is 0.471. The Labute approximate surface area is 186 Å². The van der Waals surface area contributed by atoms with Gasteiger partial charge in [-0.3, -0.25) is 0 Å². The van der Waals surface area contributed by atoms with Gasteiger partial charge in [0.15, 0.2) is 6.54 Å². The predicted octanol–water partition coefficient (Wildman–Crippen LogP) is 4.51. The molecule has 4 rings (SSSR count). The summed E-state index contributed by atoms with van der Waals surface area (Å²) in [7, 11) is -0.205. The van der Waals surface area contributed by atoms with Crippen molar-refractivity contribution in [2.75, 3.05) is 24.7 Å². The van der Waals surface area contributed by atoms with Crippen molar-refractivity contribution in [2.45, 2.75) is 13.0 Å². The fourth-order valence-electron chi connectivity index (χ4n) is 3.59. The van der Waals surface area contributed by atoms with Gasteiger partial charge >= 0.3 is 0 Å². The topological polar surface area (TPSA) is 64.3 Å². The van der Waals surface area contributed by atoms with Crippen LogP contribution in [0.5, 0.6) is 0 Å². The molecule has 0 aliphatic carbocycles. The zero-order chi connectivity index (χ0) is 22.0. The van der Waals surface area contributed by atoms with Crippen LogP contribution in [-0.2, 0) is 16.7 Å². The summed E-state index contributed by atoms with van der Waals surface area (Å²) in [6.07, 6.45) is 4.41. The maximum Gasteiger partial charge on any atom is 0.262 e.